The van der Waals surface area contributed by atoms with Crippen molar-refractivity contribution in [2.24, 2.45) is 0 Å². The number of esters is 2. The van der Waals surface area contributed by atoms with Crippen molar-refractivity contribution in [1.82, 2.24) is 0 Å². The quantitative estimate of drug-likeness (QED) is 0.0270. The highest BCUT2D eigenvalue weighted by molar-refractivity contribution is 7.46. The molecule has 0 radical (unpaired) electrons. The number of phosphoric ester groups is 1. The Balaban J connectivity index is 3.79. The summed E-state index contributed by atoms with van der Waals surface area (Å²) in [5.41, 5.74) is 0. The molecule has 8 nitrogen and oxygen atoms in total. The Bertz CT molecular complexity index is 920. The molecule has 0 aromatic rings. The second-order valence-electron chi connectivity index (χ2n) is 16.4. The van der Waals surface area contributed by atoms with Gasteiger partial charge in [0.25, 0.3) is 0 Å². The van der Waals surface area contributed by atoms with E-state index < -0.39 is 32.5 Å². The number of phosphoric acid groups is 1. The van der Waals surface area contributed by atoms with Gasteiger partial charge in [-0.3, -0.25) is 14.1 Å². The zero-order valence-corrected chi connectivity index (χ0v) is 37.7. The van der Waals surface area contributed by atoms with Crippen LogP contribution < -0.4 is 0 Å². The lowest BCUT2D eigenvalue weighted by atomic mass is 10.0. The summed E-state index contributed by atoms with van der Waals surface area (Å²) in [6, 6.07) is 0. The van der Waals surface area contributed by atoms with Gasteiger partial charge in [-0.15, -0.1) is 0 Å². The predicted molar refractivity (Wildman–Crippen MR) is 235 cm³/mol. The van der Waals surface area contributed by atoms with E-state index in [2.05, 4.69) is 30.5 Å². The largest absolute Gasteiger partial charge is 0.469 e. The first-order chi connectivity index (χ1) is 27.3. The van der Waals surface area contributed by atoms with Gasteiger partial charge in [0, 0.05) is 12.8 Å². The van der Waals surface area contributed by atoms with Crippen molar-refractivity contribution in [1.29, 1.82) is 0 Å². The predicted octanol–water partition coefficient (Wildman–Crippen LogP) is 15.0. The summed E-state index contributed by atoms with van der Waals surface area (Å²) in [4.78, 5) is 43.0. The Morgan fingerprint density at radius 1 is 0.446 bits per heavy atom. The fraction of sp³-hybridized carbons (Fsp3) is 0.915. The molecule has 0 aromatic carbocycles. The summed E-state index contributed by atoms with van der Waals surface area (Å²) in [6.07, 6.45) is 49.4. The van der Waals surface area contributed by atoms with E-state index in [1.54, 1.807) is 0 Å². The van der Waals surface area contributed by atoms with Gasteiger partial charge in [-0.2, -0.15) is 0 Å². The number of carbonyl (C=O) groups is 2. The molecule has 0 unspecified atom stereocenters. The van der Waals surface area contributed by atoms with Crippen LogP contribution in [0.25, 0.3) is 0 Å². The van der Waals surface area contributed by atoms with Crippen LogP contribution in [0.4, 0.5) is 0 Å². The number of hydrogen-bond donors (Lipinski definition) is 2. The van der Waals surface area contributed by atoms with E-state index in [4.69, 9.17) is 19.3 Å². The first-order valence-electron chi connectivity index (χ1n) is 24.0. The van der Waals surface area contributed by atoms with Crippen molar-refractivity contribution in [3.8, 4) is 0 Å². The molecule has 0 heterocycles. The van der Waals surface area contributed by atoms with Crippen LogP contribution in [0.2, 0.25) is 0 Å². The molecule has 0 saturated carbocycles. The molecule has 0 amide bonds. The van der Waals surface area contributed by atoms with Crippen LogP contribution in [0.5, 0.6) is 0 Å². The highest BCUT2D eigenvalue weighted by Crippen LogP contribution is 2.36. The molecule has 56 heavy (non-hydrogen) atoms. The van der Waals surface area contributed by atoms with E-state index in [9.17, 15) is 14.2 Å². The number of ether oxygens (including phenoxy) is 2. The summed E-state index contributed by atoms with van der Waals surface area (Å²) in [7, 11) is -4.75. The molecule has 0 aliphatic carbocycles. The minimum Gasteiger partial charge on any atom is -0.462 e. The SMILES string of the molecule is CCCCCC/C=C/CCCCCCCCCCCC(=O)O[C@H](COC(=O)CCCCCCCCCCCCCCCCCCCCCCC)COP(=O)(O)O. The van der Waals surface area contributed by atoms with Crippen LogP contribution in [0, 0.1) is 0 Å². The molecule has 0 fully saturated rings. The first-order valence-corrected chi connectivity index (χ1v) is 25.5. The lowest BCUT2D eigenvalue weighted by molar-refractivity contribution is -0.161. The molecule has 0 spiro atoms. The lowest BCUT2D eigenvalue weighted by Gasteiger charge is -2.18. The highest BCUT2D eigenvalue weighted by atomic mass is 31.2. The van der Waals surface area contributed by atoms with E-state index in [0.29, 0.717) is 6.42 Å². The molecule has 0 aliphatic rings. The van der Waals surface area contributed by atoms with Crippen LogP contribution in [-0.4, -0.2) is 41.0 Å². The molecule has 0 saturated heterocycles. The standard InChI is InChI=1S/C47H91O8P/c1-3-5-7-9-11-13-15-17-19-21-22-23-24-26-27-29-31-33-35-37-39-41-46(48)53-43-45(44-54-56(50,51)52)55-47(49)42-40-38-36-34-32-30-28-25-20-18-16-14-12-10-8-6-4-2/h14,16,45H,3-13,15,17-44H2,1-2H3,(H2,50,51,52)/b16-14+/t45-/m1/s1. The summed E-state index contributed by atoms with van der Waals surface area (Å²) in [6.45, 7) is 3.72. The average molecular weight is 815 g/mol. The molecule has 9 heteroatoms. The van der Waals surface area contributed by atoms with E-state index in [-0.39, 0.29) is 19.4 Å². The van der Waals surface area contributed by atoms with Crippen molar-refractivity contribution in [3.05, 3.63) is 12.2 Å². The van der Waals surface area contributed by atoms with Crippen LogP contribution >= 0.6 is 7.82 Å². The topological polar surface area (TPSA) is 119 Å². The van der Waals surface area contributed by atoms with Gasteiger partial charge in [-0.05, 0) is 38.5 Å². The Morgan fingerprint density at radius 3 is 1.11 bits per heavy atom. The molecule has 1 atom stereocenters. The molecule has 332 valence electrons. The maximum atomic E-state index is 12.4. The van der Waals surface area contributed by atoms with Gasteiger partial charge in [0.05, 0.1) is 6.61 Å². The molecule has 2 N–H and O–H groups in total. The second kappa shape index (κ2) is 43.4. The van der Waals surface area contributed by atoms with Crippen LogP contribution in [-0.2, 0) is 28.2 Å². The Hall–Kier alpha value is -1.21. The maximum Gasteiger partial charge on any atom is 0.469 e. The smallest absolute Gasteiger partial charge is 0.462 e. The fourth-order valence-corrected chi connectivity index (χ4v) is 7.55. The van der Waals surface area contributed by atoms with Crippen LogP contribution in [0.3, 0.4) is 0 Å². The Kier molecular flexibility index (Phi) is 42.4. The Labute approximate surface area is 346 Å². The summed E-state index contributed by atoms with van der Waals surface area (Å²) < 4.78 is 26.5. The average Bonchev–Trinajstić information content (AvgIpc) is 3.17. The van der Waals surface area contributed by atoms with Crippen molar-refractivity contribution in [2.45, 2.75) is 264 Å². The van der Waals surface area contributed by atoms with Gasteiger partial charge in [-0.1, -0.05) is 219 Å². The third-order valence-corrected chi connectivity index (χ3v) is 11.3. The monoisotopic (exact) mass is 815 g/mol. The molecule has 0 bridgehead atoms. The minimum absolute atomic E-state index is 0.214. The van der Waals surface area contributed by atoms with Crippen molar-refractivity contribution < 1.29 is 37.9 Å². The molecular formula is C47H91O8P. The number of carbonyl (C=O) groups excluding carboxylic acids is 2. The normalized spacial score (nSPS) is 12.4. The summed E-state index contributed by atoms with van der Waals surface area (Å²) in [5, 5.41) is 0. The van der Waals surface area contributed by atoms with Crippen LogP contribution in [0.15, 0.2) is 12.2 Å². The molecule has 0 aliphatic heterocycles. The van der Waals surface area contributed by atoms with Gasteiger partial charge >= 0.3 is 19.8 Å². The van der Waals surface area contributed by atoms with Crippen LogP contribution in [0.1, 0.15) is 258 Å². The number of allylic oxidation sites excluding steroid dienone is 2. The molecule has 0 aromatic heterocycles. The highest BCUT2D eigenvalue weighted by Gasteiger charge is 2.23. The number of rotatable bonds is 45. The summed E-state index contributed by atoms with van der Waals surface area (Å²) in [5.74, 6) is -0.871. The maximum absolute atomic E-state index is 12.4. The fourth-order valence-electron chi connectivity index (χ4n) is 7.19. The van der Waals surface area contributed by atoms with E-state index in [1.165, 1.54) is 186 Å². The Morgan fingerprint density at radius 2 is 0.750 bits per heavy atom. The van der Waals surface area contributed by atoms with Gasteiger partial charge in [0.1, 0.15) is 6.61 Å². The molecular weight excluding hydrogens is 723 g/mol. The lowest BCUT2D eigenvalue weighted by Crippen LogP contribution is -2.29. The van der Waals surface area contributed by atoms with Gasteiger partial charge in [0.2, 0.25) is 0 Å². The van der Waals surface area contributed by atoms with E-state index in [0.717, 1.165) is 38.5 Å². The third-order valence-electron chi connectivity index (χ3n) is 10.8. The second-order valence-corrected chi connectivity index (χ2v) is 17.7. The minimum atomic E-state index is -4.75. The summed E-state index contributed by atoms with van der Waals surface area (Å²) >= 11 is 0. The van der Waals surface area contributed by atoms with Gasteiger partial charge in [-0.25, -0.2) is 4.57 Å². The van der Waals surface area contributed by atoms with Crippen molar-refractivity contribution in [2.75, 3.05) is 13.2 Å². The number of unbranched alkanes of at least 4 members (excludes halogenated alkanes) is 33. The van der Waals surface area contributed by atoms with Crippen molar-refractivity contribution in [3.63, 3.8) is 0 Å². The number of hydrogen-bond acceptors (Lipinski definition) is 6. The zero-order chi connectivity index (χ0) is 41.1. The third kappa shape index (κ3) is 45.5. The first kappa shape index (κ1) is 54.8. The zero-order valence-electron chi connectivity index (χ0n) is 36.8. The van der Waals surface area contributed by atoms with E-state index in [1.807, 2.05) is 0 Å². The molecule has 0 rings (SSSR count). The van der Waals surface area contributed by atoms with E-state index >= 15 is 0 Å². The van der Waals surface area contributed by atoms with Crippen molar-refractivity contribution >= 4 is 19.8 Å². The van der Waals surface area contributed by atoms with Gasteiger partial charge in [0.15, 0.2) is 6.10 Å². The van der Waals surface area contributed by atoms with Gasteiger partial charge < -0.3 is 19.3 Å².